The lowest BCUT2D eigenvalue weighted by atomic mass is 9.72. The van der Waals surface area contributed by atoms with E-state index in [9.17, 15) is 14.0 Å². The molecule has 27 heavy (non-hydrogen) atoms. The number of nitrogens with one attached hydrogen (secondary N) is 1. The maximum atomic E-state index is 13.6. The van der Waals surface area contributed by atoms with Crippen LogP contribution >= 0.6 is 0 Å². The van der Waals surface area contributed by atoms with Crippen molar-refractivity contribution in [3.63, 3.8) is 0 Å². The number of carbonyl (C=O) groups is 2. The molecular weight excluding hydrogens is 345 g/mol. The molecule has 2 aliphatic heterocycles. The van der Waals surface area contributed by atoms with Crippen molar-refractivity contribution in [1.29, 1.82) is 0 Å². The highest BCUT2D eigenvalue weighted by atomic mass is 19.1. The molecule has 3 fully saturated rings. The van der Waals surface area contributed by atoms with Gasteiger partial charge in [0.1, 0.15) is 5.82 Å². The zero-order chi connectivity index (χ0) is 18.9. The zero-order valence-electron chi connectivity index (χ0n) is 15.8. The monoisotopic (exact) mass is 373 g/mol. The van der Waals surface area contributed by atoms with Gasteiger partial charge >= 0.3 is 6.03 Å². The second-order valence-corrected chi connectivity index (χ2v) is 8.31. The van der Waals surface area contributed by atoms with Crippen LogP contribution < -0.4 is 5.32 Å². The predicted molar refractivity (Wildman–Crippen MR) is 101 cm³/mol. The number of piperidine rings is 2. The Bertz CT molecular complexity index is 711. The fourth-order valence-electron chi connectivity index (χ4n) is 4.47. The van der Waals surface area contributed by atoms with Crippen molar-refractivity contribution in [1.82, 2.24) is 15.1 Å². The third kappa shape index (κ3) is 4.09. The lowest BCUT2D eigenvalue weighted by molar-refractivity contribution is -0.139. The van der Waals surface area contributed by atoms with Crippen molar-refractivity contribution in [3.8, 4) is 0 Å². The number of hydrogen-bond donors (Lipinski definition) is 1. The van der Waals surface area contributed by atoms with Gasteiger partial charge in [0.25, 0.3) is 0 Å². The van der Waals surface area contributed by atoms with Crippen LogP contribution in [0, 0.1) is 11.2 Å². The van der Waals surface area contributed by atoms with E-state index in [1.54, 1.807) is 12.1 Å². The van der Waals surface area contributed by atoms with Crippen LogP contribution in [0.2, 0.25) is 0 Å². The Morgan fingerprint density at radius 2 is 1.93 bits per heavy atom. The second-order valence-electron chi connectivity index (χ2n) is 8.31. The van der Waals surface area contributed by atoms with Gasteiger partial charge in [0.05, 0.1) is 0 Å². The molecule has 0 unspecified atom stereocenters. The highest BCUT2D eigenvalue weighted by molar-refractivity contribution is 5.78. The average Bonchev–Trinajstić information content (AvgIpc) is 3.51. The molecule has 0 radical (unpaired) electrons. The van der Waals surface area contributed by atoms with Crippen LogP contribution in [0.25, 0.3) is 0 Å². The maximum Gasteiger partial charge on any atom is 0.317 e. The fourth-order valence-corrected chi connectivity index (χ4v) is 4.47. The number of rotatable bonds is 4. The van der Waals surface area contributed by atoms with E-state index in [0.29, 0.717) is 36.9 Å². The van der Waals surface area contributed by atoms with E-state index in [0.717, 1.165) is 51.7 Å². The number of hydrogen-bond acceptors (Lipinski definition) is 2. The van der Waals surface area contributed by atoms with Crippen LogP contribution in [-0.2, 0) is 11.2 Å². The standard InChI is InChI=1S/C21H28FN3O2/c22-18-4-2-1-3-16(18)8-12-23-20(27)24-13-10-21(11-14-24)9-7-19(26)25(15-21)17-5-6-17/h1-4,17H,5-15H2,(H,23,27). The average molecular weight is 373 g/mol. The van der Waals surface area contributed by atoms with Gasteiger partial charge in [0.15, 0.2) is 0 Å². The van der Waals surface area contributed by atoms with Crippen LogP contribution in [0.15, 0.2) is 24.3 Å². The van der Waals surface area contributed by atoms with Crippen molar-refractivity contribution in [2.24, 2.45) is 5.41 Å². The predicted octanol–water partition coefficient (Wildman–Crippen LogP) is 2.94. The Balaban J connectivity index is 1.24. The summed E-state index contributed by atoms with van der Waals surface area (Å²) >= 11 is 0. The van der Waals surface area contributed by atoms with Gasteiger partial charge in [-0.25, -0.2) is 9.18 Å². The van der Waals surface area contributed by atoms with Crippen LogP contribution in [0.5, 0.6) is 0 Å². The molecule has 1 aromatic carbocycles. The molecule has 1 saturated carbocycles. The number of nitrogens with zero attached hydrogens (tertiary/aromatic N) is 2. The number of amides is 3. The van der Waals surface area contributed by atoms with Crippen molar-refractivity contribution >= 4 is 11.9 Å². The Morgan fingerprint density at radius 3 is 2.63 bits per heavy atom. The van der Waals surface area contributed by atoms with Crippen molar-refractivity contribution < 1.29 is 14.0 Å². The van der Waals surface area contributed by atoms with Crippen LogP contribution in [-0.4, -0.2) is 54.0 Å². The topological polar surface area (TPSA) is 52.7 Å². The van der Waals surface area contributed by atoms with Gasteiger partial charge in [-0.15, -0.1) is 0 Å². The largest absolute Gasteiger partial charge is 0.339 e. The number of halogens is 1. The molecule has 3 aliphatic rings. The summed E-state index contributed by atoms with van der Waals surface area (Å²) in [7, 11) is 0. The van der Waals surface area contributed by atoms with Gasteiger partial charge in [-0.1, -0.05) is 18.2 Å². The molecular formula is C21H28FN3O2. The van der Waals surface area contributed by atoms with Gasteiger partial charge in [0, 0.05) is 38.6 Å². The van der Waals surface area contributed by atoms with E-state index in [2.05, 4.69) is 10.2 Å². The van der Waals surface area contributed by atoms with Crippen LogP contribution in [0.1, 0.15) is 44.1 Å². The first-order chi connectivity index (χ1) is 13.1. The Morgan fingerprint density at radius 1 is 1.19 bits per heavy atom. The molecule has 0 aromatic heterocycles. The first-order valence-corrected chi connectivity index (χ1v) is 10.1. The molecule has 4 rings (SSSR count). The van der Waals surface area contributed by atoms with Gasteiger partial charge in [0.2, 0.25) is 5.91 Å². The summed E-state index contributed by atoms with van der Waals surface area (Å²) in [4.78, 5) is 28.6. The Labute approximate surface area is 159 Å². The number of benzene rings is 1. The smallest absolute Gasteiger partial charge is 0.317 e. The Hall–Kier alpha value is -2.11. The summed E-state index contributed by atoms with van der Waals surface area (Å²) in [5.41, 5.74) is 0.822. The van der Waals surface area contributed by atoms with Crippen LogP contribution in [0.4, 0.5) is 9.18 Å². The maximum absolute atomic E-state index is 13.6. The quantitative estimate of drug-likeness (QED) is 0.882. The highest BCUT2D eigenvalue weighted by Gasteiger charge is 2.45. The van der Waals surface area contributed by atoms with Gasteiger partial charge in [-0.2, -0.15) is 0 Å². The normalized spacial score (nSPS) is 22.2. The zero-order valence-corrected chi connectivity index (χ0v) is 15.8. The molecule has 2 saturated heterocycles. The van der Waals surface area contributed by atoms with E-state index < -0.39 is 0 Å². The van der Waals surface area contributed by atoms with E-state index in [4.69, 9.17) is 0 Å². The van der Waals surface area contributed by atoms with E-state index in [1.165, 1.54) is 6.07 Å². The molecule has 6 heteroatoms. The number of carbonyl (C=O) groups excluding carboxylic acids is 2. The van der Waals surface area contributed by atoms with Crippen molar-refractivity contribution in [2.75, 3.05) is 26.2 Å². The van der Waals surface area contributed by atoms with Gasteiger partial charge in [-0.3, -0.25) is 4.79 Å². The third-order valence-corrected chi connectivity index (χ3v) is 6.42. The molecule has 1 aliphatic carbocycles. The highest BCUT2D eigenvalue weighted by Crippen LogP contribution is 2.43. The summed E-state index contributed by atoms with van der Waals surface area (Å²) in [5, 5.41) is 2.92. The summed E-state index contributed by atoms with van der Waals surface area (Å²) in [6, 6.07) is 7.10. The summed E-state index contributed by atoms with van der Waals surface area (Å²) in [6.07, 6.45) is 6.34. The Kier molecular flexibility index (Phi) is 5.06. The number of urea groups is 1. The minimum atomic E-state index is -0.223. The van der Waals surface area contributed by atoms with Gasteiger partial charge < -0.3 is 15.1 Å². The minimum absolute atomic E-state index is 0.0628. The molecule has 1 N–H and O–H groups in total. The van der Waals surface area contributed by atoms with Crippen LogP contribution in [0.3, 0.4) is 0 Å². The molecule has 1 aromatic rings. The minimum Gasteiger partial charge on any atom is -0.339 e. The third-order valence-electron chi connectivity index (χ3n) is 6.42. The molecule has 0 atom stereocenters. The molecule has 146 valence electrons. The summed E-state index contributed by atoms with van der Waals surface area (Å²) < 4.78 is 13.6. The van der Waals surface area contributed by atoms with Gasteiger partial charge in [-0.05, 0) is 55.6 Å². The molecule has 5 nitrogen and oxygen atoms in total. The summed E-state index contributed by atoms with van der Waals surface area (Å²) in [5.74, 6) is 0.0927. The van der Waals surface area contributed by atoms with E-state index in [1.807, 2.05) is 11.0 Å². The molecule has 0 bridgehead atoms. The summed E-state index contributed by atoms with van der Waals surface area (Å²) in [6.45, 7) is 2.78. The van der Waals surface area contributed by atoms with E-state index >= 15 is 0 Å². The first-order valence-electron chi connectivity index (χ1n) is 10.1. The number of likely N-dealkylation sites (tertiary alicyclic amines) is 2. The van der Waals surface area contributed by atoms with E-state index in [-0.39, 0.29) is 17.3 Å². The lowest BCUT2D eigenvalue weighted by Gasteiger charge is -2.47. The van der Waals surface area contributed by atoms with Crippen molar-refractivity contribution in [3.05, 3.63) is 35.6 Å². The molecule has 3 amide bonds. The fraction of sp³-hybridized carbons (Fsp3) is 0.619. The SMILES string of the molecule is O=C(NCCc1ccccc1F)N1CCC2(CCC(=O)N(C3CC3)C2)CC1. The van der Waals surface area contributed by atoms with Crippen molar-refractivity contribution in [2.45, 2.75) is 51.0 Å². The second kappa shape index (κ2) is 7.49. The first kappa shape index (κ1) is 18.3. The lowest BCUT2D eigenvalue weighted by Crippen LogP contribution is -2.54. The molecule has 2 heterocycles. The molecule has 1 spiro atoms.